The number of halogens is 2. The Morgan fingerprint density at radius 3 is 2.65 bits per heavy atom. The van der Waals surface area contributed by atoms with Gasteiger partial charge in [-0.05, 0) is 45.5 Å². The van der Waals surface area contributed by atoms with Crippen molar-refractivity contribution < 1.29 is 8.78 Å². The van der Waals surface area contributed by atoms with E-state index in [-0.39, 0.29) is 17.2 Å². The molecule has 0 aliphatic heterocycles. The van der Waals surface area contributed by atoms with E-state index in [0.29, 0.717) is 6.54 Å². The van der Waals surface area contributed by atoms with E-state index < -0.39 is 11.6 Å². The first-order valence-corrected chi connectivity index (χ1v) is 6.62. The third-order valence-corrected chi connectivity index (χ3v) is 3.97. The van der Waals surface area contributed by atoms with Gasteiger partial charge in [-0.25, -0.2) is 8.78 Å². The van der Waals surface area contributed by atoms with Crippen LogP contribution in [0, 0.1) is 11.6 Å². The standard InChI is InChI=1S/C14H20F2N4/c1-20(2)14(6-3-7-14)9-18-13(17)19-12-8-10(15)4-5-11(12)16/h4-5,8H,3,6-7,9H2,1-2H3,(H3,17,18,19). The average molecular weight is 282 g/mol. The Labute approximate surface area is 117 Å². The number of anilines is 1. The molecule has 0 saturated heterocycles. The molecular formula is C14H20F2N4. The first-order valence-electron chi connectivity index (χ1n) is 6.62. The molecule has 0 heterocycles. The van der Waals surface area contributed by atoms with Crippen LogP contribution in [0.4, 0.5) is 14.5 Å². The third-order valence-electron chi connectivity index (χ3n) is 3.97. The summed E-state index contributed by atoms with van der Waals surface area (Å²) in [5.41, 5.74) is 5.79. The minimum Gasteiger partial charge on any atom is -0.370 e. The second-order valence-electron chi connectivity index (χ2n) is 5.42. The van der Waals surface area contributed by atoms with Crippen molar-refractivity contribution in [2.45, 2.75) is 24.8 Å². The molecule has 0 atom stereocenters. The molecule has 2 rings (SSSR count). The van der Waals surface area contributed by atoms with Gasteiger partial charge in [-0.15, -0.1) is 0 Å². The molecule has 1 saturated carbocycles. The zero-order valence-corrected chi connectivity index (χ0v) is 11.8. The van der Waals surface area contributed by atoms with Gasteiger partial charge in [0, 0.05) is 11.6 Å². The number of likely N-dealkylation sites (N-methyl/N-ethyl adjacent to an activating group) is 1. The fraction of sp³-hybridized carbons (Fsp3) is 0.500. The van der Waals surface area contributed by atoms with Crippen molar-refractivity contribution >= 4 is 11.6 Å². The SMILES string of the molecule is CN(C)C1(CN=C(N)Nc2cc(F)ccc2F)CCC1. The average Bonchev–Trinajstić information content (AvgIpc) is 2.32. The van der Waals surface area contributed by atoms with Crippen LogP contribution in [0.1, 0.15) is 19.3 Å². The Morgan fingerprint density at radius 1 is 1.40 bits per heavy atom. The van der Waals surface area contributed by atoms with Crippen molar-refractivity contribution in [2.75, 3.05) is 26.0 Å². The predicted molar refractivity (Wildman–Crippen MR) is 76.7 cm³/mol. The van der Waals surface area contributed by atoms with Gasteiger partial charge >= 0.3 is 0 Å². The highest BCUT2D eigenvalue weighted by molar-refractivity contribution is 5.92. The molecule has 0 radical (unpaired) electrons. The van der Waals surface area contributed by atoms with Crippen LogP contribution in [-0.4, -0.2) is 37.0 Å². The smallest absolute Gasteiger partial charge is 0.193 e. The van der Waals surface area contributed by atoms with Gasteiger partial charge in [0.25, 0.3) is 0 Å². The molecule has 0 aromatic heterocycles. The van der Waals surface area contributed by atoms with Crippen molar-refractivity contribution in [2.24, 2.45) is 10.7 Å². The van der Waals surface area contributed by atoms with Crippen LogP contribution < -0.4 is 11.1 Å². The Balaban J connectivity index is 2.02. The quantitative estimate of drug-likeness (QED) is 0.657. The normalized spacial score (nSPS) is 17.9. The Kier molecular flexibility index (Phi) is 4.23. The van der Waals surface area contributed by atoms with Crippen molar-refractivity contribution in [1.29, 1.82) is 0 Å². The summed E-state index contributed by atoms with van der Waals surface area (Å²) in [4.78, 5) is 6.41. The van der Waals surface area contributed by atoms with Crippen LogP contribution in [-0.2, 0) is 0 Å². The maximum Gasteiger partial charge on any atom is 0.193 e. The number of benzene rings is 1. The van der Waals surface area contributed by atoms with Crippen LogP contribution in [0.3, 0.4) is 0 Å². The molecule has 6 heteroatoms. The lowest BCUT2D eigenvalue weighted by Gasteiger charge is -2.46. The highest BCUT2D eigenvalue weighted by atomic mass is 19.1. The Hall–Kier alpha value is -1.69. The minimum atomic E-state index is -0.560. The monoisotopic (exact) mass is 282 g/mol. The summed E-state index contributed by atoms with van der Waals surface area (Å²) in [6, 6.07) is 3.17. The van der Waals surface area contributed by atoms with Gasteiger partial charge in [-0.2, -0.15) is 0 Å². The van der Waals surface area contributed by atoms with Gasteiger partial charge in [0.1, 0.15) is 11.6 Å². The van der Waals surface area contributed by atoms with E-state index in [4.69, 9.17) is 5.73 Å². The Morgan fingerprint density at radius 2 is 2.10 bits per heavy atom. The second-order valence-corrected chi connectivity index (χ2v) is 5.42. The van der Waals surface area contributed by atoms with Crippen LogP contribution in [0.15, 0.2) is 23.2 Å². The summed E-state index contributed by atoms with van der Waals surface area (Å²) in [7, 11) is 4.04. The molecule has 0 unspecified atom stereocenters. The lowest BCUT2D eigenvalue weighted by Crippen LogP contribution is -2.52. The Bertz CT molecular complexity index is 510. The van der Waals surface area contributed by atoms with E-state index >= 15 is 0 Å². The maximum absolute atomic E-state index is 13.5. The van der Waals surface area contributed by atoms with E-state index in [1.165, 1.54) is 6.42 Å². The number of hydrogen-bond acceptors (Lipinski definition) is 2. The van der Waals surface area contributed by atoms with Gasteiger partial charge in [0.15, 0.2) is 5.96 Å². The number of nitrogens with zero attached hydrogens (tertiary/aromatic N) is 2. The molecule has 1 aromatic rings. The molecule has 0 bridgehead atoms. The highest BCUT2D eigenvalue weighted by Gasteiger charge is 2.38. The summed E-state index contributed by atoms with van der Waals surface area (Å²) < 4.78 is 26.5. The van der Waals surface area contributed by atoms with Crippen LogP contribution in [0.5, 0.6) is 0 Å². The third kappa shape index (κ3) is 3.07. The van der Waals surface area contributed by atoms with Gasteiger partial charge < -0.3 is 16.0 Å². The van der Waals surface area contributed by atoms with Crippen LogP contribution in [0.2, 0.25) is 0 Å². The molecule has 0 amide bonds. The number of rotatable bonds is 4. The molecule has 1 aliphatic rings. The molecular weight excluding hydrogens is 262 g/mol. The van der Waals surface area contributed by atoms with Gasteiger partial charge in [0.2, 0.25) is 0 Å². The van der Waals surface area contributed by atoms with E-state index in [0.717, 1.165) is 31.0 Å². The van der Waals surface area contributed by atoms with Gasteiger partial charge in [0.05, 0.1) is 12.2 Å². The van der Waals surface area contributed by atoms with Crippen molar-refractivity contribution in [1.82, 2.24) is 4.90 Å². The first-order chi connectivity index (χ1) is 9.43. The maximum atomic E-state index is 13.5. The molecule has 0 spiro atoms. The molecule has 110 valence electrons. The molecule has 3 N–H and O–H groups in total. The van der Waals surface area contributed by atoms with Crippen molar-refractivity contribution in [3.05, 3.63) is 29.8 Å². The zero-order valence-electron chi connectivity index (χ0n) is 11.8. The topological polar surface area (TPSA) is 53.6 Å². The predicted octanol–water partition coefficient (Wildman–Crippen LogP) is 2.18. The van der Waals surface area contributed by atoms with E-state index in [1.807, 2.05) is 14.1 Å². The minimum absolute atomic E-state index is 0.00115. The van der Waals surface area contributed by atoms with Crippen LogP contribution in [0.25, 0.3) is 0 Å². The first kappa shape index (κ1) is 14.7. The summed E-state index contributed by atoms with van der Waals surface area (Å²) in [5.74, 6) is -0.983. The number of nitrogens with two attached hydrogens (primary N) is 1. The summed E-state index contributed by atoms with van der Waals surface area (Å²) >= 11 is 0. The van der Waals surface area contributed by atoms with Crippen LogP contribution >= 0.6 is 0 Å². The molecule has 1 aliphatic carbocycles. The highest BCUT2D eigenvalue weighted by Crippen LogP contribution is 2.36. The number of aliphatic imine (C=N–C) groups is 1. The van der Waals surface area contributed by atoms with E-state index in [9.17, 15) is 8.78 Å². The zero-order chi connectivity index (χ0) is 14.8. The van der Waals surface area contributed by atoms with E-state index in [1.54, 1.807) is 0 Å². The van der Waals surface area contributed by atoms with Gasteiger partial charge in [-0.1, -0.05) is 0 Å². The summed E-state index contributed by atoms with van der Waals surface area (Å²) in [6.07, 6.45) is 3.33. The number of nitrogens with one attached hydrogen (secondary N) is 1. The van der Waals surface area contributed by atoms with E-state index in [2.05, 4.69) is 15.2 Å². The molecule has 1 aromatic carbocycles. The summed E-state index contributed by atoms with van der Waals surface area (Å²) in [6.45, 7) is 0.551. The molecule has 1 fully saturated rings. The summed E-state index contributed by atoms with van der Waals surface area (Å²) in [5, 5.41) is 2.60. The van der Waals surface area contributed by atoms with Crippen molar-refractivity contribution in [3.63, 3.8) is 0 Å². The molecule has 4 nitrogen and oxygen atoms in total. The largest absolute Gasteiger partial charge is 0.370 e. The lowest BCUT2D eigenvalue weighted by molar-refractivity contribution is 0.0700. The number of guanidine groups is 1. The fourth-order valence-corrected chi connectivity index (χ4v) is 2.33. The van der Waals surface area contributed by atoms with Gasteiger partial charge in [-0.3, -0.25) is 4.99 Å². The fourth-order valence-electron chi connectivity index (χ4n) is 2.33. The molecule has 20 heavy (non-hydrogen) atoms. The lowest BCUT2D eigenvalue weighted by atomic mass is 9.76. The number of hydrogen-bond donors (Lipinski definition) is 2. The second kappa shape index (κ2) is 5.75. The van der Waals surface area contributed by atoms with Crippen molar-refractivity contribution in [3.8, 4) is 0 Å².